The molecule has 0 unspecified atom stereocenters. The van der Waals surface area contributed by atoms with Crippen molar-refractivity contribution in [2.45, 2.75) is 38.3 Å². The summed E-state index contributed by atoms with van der Waals surface area (Å²) in [4.78, 5) is 13.4. The first-order valence-electron chi connectivity index (χ1n) is 6.18. The quantitative estimate of drug-likeness (QED) is 0.858. The average Bonchev–Trinajstić information content (AvgIpc) is 2.50. The lowest BCUT2D eigenvalue weighted by Gasteiger charge is -2.48. The Morgan fingerprint density at radius 1 is 1.41 bits per heavy atom. The first-order chi connectivity index (χ1) is 8.16. The molecule has 5 heteroatoms. The van der Waals surface area contributed by atoms with Crippen LogP contribution in [-0.4, -0.2) is 44.9 Å². The van der Waals surface area contributed by atoms with Crippen LogP contribution in [0.3, 0.4) is 0 Å². The van der Waals surface area contributed by atoms with Crippen LogP contribution in [-0.2, 0) is 0 Å². The van der Waals surface area contributed by atoms with Crippen molar-refractivity contribution >= 4 is 5.97 Å². The molecule has 3 rings (SSSR count). The Labute approximate surface area is 100 Å². The van der Waals surface area contributed by atoms with Gasteiger partial charge in [-0.2, -0.15) is 5.10 Å². The van der Waals surface area contributed by atoms with E-state index in [2.05, 4.69) is 10.00 Å². The fourth-order valence-corrected chi connectivity index (χ4v) is 2.69. The van der Waals surface area contributed by atoms with Crippen molar-refractivity contribution in [2.24, 2.45) is 0 Å². The van der Waals surface area contributed by atoms with Crippen LogP contribution in [0.15, 0.2) is 6.20 Å². The van der Waals surface area contributed by atoms with Crippen molar-refractivity contribution in [1.29, 1.82) is 0 Å². The van der Waals surface area contributed by atoms with E-state index in [1.54, 1.807) is 0 Å². The van der Waals surface area contributed by atoms with Gasteiger partial charge in [-0.1, -0.05) is 6.42 Å². The van der Waals surface area contributed by atoms with Crippen molar-refractivity contribution in [2.75, 3.05) is 13.1 Å². The monoisotopic (exact) mass is 235 g/mol. The minimum Gasteiger partial charge on any atom is -0.478 e. The van der Waals surface area contributed by atoms with Gasteiger partial charge in [-0.25, -0.2) is 4.79 Å². The number of rotatable bonds is 3. The van der Waals surface area contributed by atoms with Crippen LogP contribution in [0.2, 0.25) is 0 Å². The zero-order chi connectivity index (χ0) is 12.0. The first kappa shape index (κ1) is 10.8. The Morgan fingerprint density at radius 2 is 2.12 bits per heavy atom. The zero-order valence-corrected chi connectivity index (χ0v) is 9.96. The Balaban J connectivity index is 1.68. The molecule has 1 saturated carbocycles. The maximum absolute atomic E-state index is 10.9. The molecule has 1 saturated heterocycles. The topological polar surface area (TPSA) is 58.4 Å². The highest BCUT2D eigenvalue weighted by Gasteiger charge is 2.37. The molecule has 17 heavy (non-hydrogen) atoms. The lowest BCUT2D eigenvalue weighted by molar-refractivity contribution is 0.0173. The van der Waals surface area contributed by atoms with Crippen LogP contribution in [0, 0.1) is 6.92 Å². The highest BCUT2D eigenvalue weighted by atomic mass is 16.4. The average molecular weight is 235 g/mol. The molecular weight excluding hydrogens is 218 g/mol. The molecule has 0 amide bonds. The van der Waals surface area contributed by atoms with E-state index in [1.165, 1.54) is 25.5 Å². The van der Waals surface area contributed by atoms with E-state index in [1.807, 2.05) is 11.6 Å². The molecule has 5 nitrogen and oxygen atoms in total. The lowest BCUT2D eigenvalue weighted by Crippen LogP contribution is -2.55. The van der Waals surface area contributed by atoms with Gasteiger partial charge in [-0.15, -0.1) is 0 Å². The molecule has 1 aromatic heterocycles. The summed E-state index contributed by atoms with van der Waals surface area (Å²) in [6.45, 7) is 3.88. The van der Waals surface area contributed by atoms with Crippen LogP contribution >= 0.6 is 0 Å². The summed E-state index contributed by atoms with van der Waals surface area (Å²) >= 11 is 0. The molecule has 1 aromatic rings. The standard InChI is InChI=1S/C12H17N3O2/c1-8-11(12(16)17)5-13-15(8)10-6-14(7-10)9-3-2-4-9/h5,9-10H,2-4,6-7H2,1H3,(H,16,17). The first-order valence-corrected chi connectivity index (χ1v) is 6.18. The summed E-state index contributed by atoms with van der Waals surface area (Å²) in [5, 5.41) is 13.2. The Morgan fingerprint density at radius 3 is 2.59 bits per heavy atom. The van der Waals surface area contributed by atoms with E-state index in [0.717, 1.165) is 24.8 Å². The second-order valence-electron chi connectivity index (χ2n) is 5.09. The molecule has 2 heterocycles. The van der Waals surface area contributed by atoms with Crippen LogP contribution in [0.4, 0.5) is 0 Å². The highest BCUT2D eigenvalue weighted by Crippen LogP contribution is 2.33. The number of likely N-dealkylation sites (tertiary alicyclic amines) is 1. The summed E-state index contributed by atoms with van der Waals surface area (Å²) in [5.74, 6) is -0.885. The summed E-state index contributed by atoms with van der Waals surface area (Å²) in [6.07, 6.45) is 5.47. The number of hydrogen-bond donors (Lipinski definition) is 1. The maximum Gasteiger partial charge on any atom is 0.339 e. The molecule has 0 atom stereocenters. The highest BCUT2D eigenvalue weighted by molar-refractivity contribution is 5.88. The van der Waals surface area contributed by atoms with Crippen LogP contribution in [0.25, 0.3) is 0 Å². The van der Waals surface area contributed by atoms with Crippen LogP contribution in [0.1, 0.15) is 41.4 Å². The molecular formula is C12H17N3O2. The number of carboxylic acids is 1. The van der Waals surface area contributed by atoms with Gasteiger partial charge in [0.2, 0.25) is 0 Å². The molecule has 92 valence electrons. The minimum atomic E-state index is -0.885. The molecule has 0 bridgehead atoms. The van der Waals surface area contributed by atoms with Crippen LogP contribution in [0.5, 0.6) is 0 Å². The van der Waals surface area contributed by atoms with Gasteiger partial charge in [0.1, 0.15) is 5.56 Å². The van der Waals surface area contributed by atoms with Gasteiger partial charge >= 0.3 is 5.97 Å². The predicted molar refractivity (Wildman–Crippen MR) is 62.2 cm³/mol. The third kappa shape index (κ3) is 1.65. The second kappa shape index (κ2) is 3.84. The van der Waals surface area contributed by atoms with Gasteiger partial charge in [0.25, 0.3) is 0 Å². The zero-order valence-electron chi connectivity index (χ0n) is 9.96. The summed E-state index contributed by atoms with van der Waals surface area (Å²) in [6, 6.07) is 1.14. The predicted octanol–water partition coefficient (Wildman–Crippen LogP) is 1.30. The number of carbonyl (C=O) groups is 1. The van der Waals surface area contributed by atoms with Crippen LogP contribution < -0.4 is 0 Å². The Kier molecular flexibility index (Phi) is 2.43. The number of aromatic nitrogens is 2. The summed E-state index contributed by atoms with van der Waals surface area (Å²) < 4.78 is 1.87. The molecule has 1 N–H and O–H groups in total. The van der Waals surface area contributed by atoms with Crippen molar-refractivity contribution < 1.29 is 9.90 Å². The fourth-order valence-electron chi connectivity index (χ4n) is 2.69. The molecule has 1 aliphatic carbocycles. The molecule has 1 aliphatic heterocycles. The van der Waals surface area contributed by atoms with Gasteiger partial charge < -0.3 is 5.11 Å². The number of hydrogen-bond acceptors (Lipinski definition) is 3. The molecule has 2 aliphatic rings. The van der Waals surface area contributed by atoms with Crippen molar-refractivity contribution in [3.63, 3.8) is 0 Å². The van der Waals surface area contributed by atoms with E-state index in [0.29, 0.717) is 11.6 Å². The third-order valence-corrected chi connectivity index (χ3v) is 4.10. The van der Waals surface area contributed by atoms with E-state index >= 15 is 0 Å². The van der Waals surface area contributed by atoms with Crippen molar-refractivity contribution in [3.8, 4) is 0 Å². The second-order valence-corrected chi connectivity index (χ2v) is 5.09. The Hall–Kier alpha value is -1.36. The van der Waals surface area contributed by atoms with Gasteiger partial charge in [-0.05, 0) is 19.8 Å². The maximum atomic E-state index is 10.9. The van der Waals surface area contributed by atoms with E-state index in [-0.39, 0.29) is 0 Å². The SMILES string of the molecule is Cc1c(C(=O)O)cnn1C1CN(C2CCC2)C1. The molecule has 0 aromatic carbocycles. The fraction of sp³-hybridized carbons (Fsp3) is 0.667. The largest absolute Gasteiger partial charge is 0.478 e. The van der Waals surface area contributed by atoms with Gasteiger partial charge in [0.05, 0.1) is 17.9 Å². The summed E-state index contributed by atoms with van der Waals surface area (Å²) in [5.41, 5.74) is 1.10. The molecule has 0 radical (unpaired) electrons. The van der Waals surface area contributed by atoms with E-state index in [9.17, 15) is 4.79 Å². The number of aromatic carboxylic acids is 1. The van der Waals surface area contributed by atoms with Gasteiger partial charge in [-0.3, -0.25) is 9.58 Å². The number of carboxylic acid groups (broad SMARTS) is 1. The Bertz CT molecular complexity index is 445. The minimum absolute atomic E-state index is 0.326. The summed E-state index contributed by atoms with van der Waals surface area (Å²) in [7, 11) is 0. The van der Waals surface area contributed by atoms with E-state index < -0.39 is 5.97 Å². The van der Waals surface area contributed by atoms with Crippen molar-refractivity contribution in [3.05, 3.63) is 17.5 Å². The van der Waals surface area contributed by atoms with Gasteiger partial charge in [0.15, 0.2) is 0 Å². The van der Waals surface area contributed by atoms with Gasteiger partial charge in [0, 0.05) is 19.1 Å². The normalized spacial score (nSPS) is 22.2. The van der Waals surface area contributed by atoms with E-state index in [4.69, 9.17) is 5.11 Å². The number of nitrogens with zero attached hydrogens (tertiary/aromatic N) is 3. The molecule has 2 fully saturated rings. The third-order valence-electron chi connectivity index (χ3n) is 4.10. The lowest BCUT2D eigenvalue weighted by atomic mass is 9.88. The smallest absolute Gasteiger partial charge is 0.339 e. The molecule has 0 spiro atoms. The van der Waals surface area contributed by atoms with Crippen molar-refractivity contribution in [1.82, 2.24) is 14.7 Å².